The summed E-state index contributed by atoms with van der Waals surface area (Å²) in [5.74, 6) is 0.962. The van der Waals surface area contributed by atoms with Crippen molar-refractivity contribution in [3.05, 3.63) is 77.5 Å². The largest absolute Gasteiger partial charge is 0.388 e. The van der Waals surface area contributed by atoms with Crippen LogP contribution in [0.3, 0.4) is 0 Å². The summed E-state index contributed by atoms with van der Waals surface area (Å²) >= 11 is 1.47. The predicted molar refractivity (Wildman–Crippen MR) is 110 cm³/mol. The number of hydrogen-bond donors (Lipinski definition) is 1. The molecule has 2 aromatic carbocycles. The highest BCUT2D eigenvalue weighted by Gasteiger charge is 2.38. The van der Waals surface area contributed by atoms with Crippen LogP contribution in [0.25, 0.3) is 0 Å². The van der Waals surface area contributed by atoms with Crippen molar-refractivity contribution in [1.82, 2.24) is 0 Å². The first-order valence-corrected chi connectivity index (χ1v) is 9.95. The fraction of sp³-hybridized carbons (Fsp3) is 0.318. The lowest BCUT2D eigenvalue weighted by atomic mass is 9.83. The standard InChI is InChI=1S/C22H25NO2S/c1-22(2)18-11-7-8-12-19(18)23(3)21(22)13-17(24)14-26-15-20(25)16-9-5-4-6-10-16/h4-13,20,25H,14-15H2,1-3H3/b21-13+/t20-/m1/s1. The predicted octanol–water partition coefficient (Wildman–Crippen LogP) is 4.33. The number of nitrogens with zero attached hydrogens (tertiary/aromatic N) is 1. The van der Waals surface area contributed by atoms with Crippen LogP contribution in [-0.4, -0.2) is 29.4 Å². The highest BCUT2D eigenvalue weighted by molar-refractivity contribution is 8.00. The van der Waals surface area contributed by atoms with Crippen molar-refractivity contribution in [1.29, 1.82) is 0 Å². The van der Waals surface area contributed by atoms with Crippen molar-refractivity contribution in [3.8, 4) is 0 Å². The number of hydrogen-bond acceptors (Lipinski definition) is 4. The van der Waals surface area contributed by atoms with Gasteiger partial charge in [0, 0.05) is 35.7 Å². The van der Waals surface area contributed by atoms with Gasteiger partial charge in [-0.25, -0.2) is 0 Å². The number of para-hydroxylation sites is 1. The van der Waals surface area contributed by atoms with Gasteiger partial charge in [-0.2, -0.15) is 11.8 Å². The van der Waals surface area contributed by atoms with Crippen LogP contribution in [0, 0.1) is 0 Å². The molecule has 1 aliphatic heterocycles. The average molecular weight is 368 g/mol. The molecule has 3 rings (SSSR count). The van der Waals surface area contributed by atoms with E-state index in [0.717, 1.165) is 16.9 Å². The number of aliphatic hydroxyl groups excluding tert-OH is 1. The molecule has 26 heavy (non-hydrogen) atoms. The summed E-state index contributed by atoms with van der Waals surface area (Å²) < 4.78 is 0. The van der Waals surface area contributed by atoms with Gasteiger partial charge in [0.2, 0.25) is 0 Å². The van der Waals surface area contributed by atoms with E-state index in [0.29, 0.717) is 11.5 Å². The Bertz CT molecular complexity index is 814. The fourth-order valence-corrected chi connectivity index (χ4v) is 4.31. The Kier molecular flexibility index (Phi) is 5.54. The van der Waals surface area contributed by atoms with Crippen LogP contribution in [0.15, 0.2) is 66.4 Å². The first kappa shape index (κ1) is 18.7. The molecule has 0 amide bonds. The van der Waals surface area contributed by atoms with Gasteiger partial charge < -0.3 is 10.0 Å². The number of carbonyl (C=O) groups is 1. The molecule has 1 atom stereocenters. The quantitative estimate of drug-likeness (QED) is 0.772. The molecular formula is C22H25NO2S. The summed E-state index contributed by atoms with van der Waals surface area (Å²) in [4.78, 5) is 14.6. The van der Waals surface area contributed by atoms with E-state index >= 15 is 0 Å². The molecule has 1 aliphatic rings. The Hall–Kier alpha value is -2.04. The van der Waals surface area contributed by atoms with Gasteiger partial charge in [-0.3, -0.25) is 4.79 Å². The van der Waals surface area contributed by atoms with Gasteiger partial charge in [-0.05, 0) is 17.2 Å². The second kappa shape index (κ2) is 7.68. The Morgan fingerprint density at radius 1 is 1.15 bits per heavy atom. The molecule has 0 aromatic heterocycles. The summed E-state index contributed by atoms with van der Waals surface area (Å²) in [5, 5.41) is 10.2. The van der Waals surface area contributed by atoms with Crippen LogP contribution in [0.2, 0.25) is 0 Å². The van der Waals surface area contributed by atoms with E-state index in [4.69, 9.17) is 0 Å². The maximum absolute atomic E-state index is 12.5. The molecule has 0 aliphatic carbocycles. The number of aliphatic hydroxyl groups is 1. The molecule has 0 saturated heterocycles. The number of allylic oxidation sites excluding steroid dienone is 2. The Morgan fingerprint density at radius 2 is 1.81 bits per heavy atom. The number of benzene rings is 2. The molecule has 0 unspecified atom stereocenters. The highest BCUT2D eigenvalue weighted by atomic mass is 32.2. The van der Waals surface area contributed by atoms with E-state index in [-0.39, 0.29) is 11.2 Å². The number of fused-ring (bicyclic) bond motifs is 1. The summed E-state index contributed by atoms with van der Waals surface area (Å²) in [7, 11) is 2.01. The van der Waals surface area contributed by atoms with E-state index in [1.165, 1.54) is 17.3 Å². The number of ketones is 1. The molecule has 1 N–H and O–H groups in total. The van der Waals surface area contributed by atoms with Gasteiger partial charge in [-0.15, -0.1) is 0 Å². The number of carbonyl (C=O) groups excluding carboxylic acids is 1. The van der Waals surface area contributed by atoms with Gasteiger partial charge in [0.05, 0.1) is 11.9 Å². The minimum atomic E-state index is -0.545. The van der Waals surface area contributed by atoms with Gasteiger partial charge >= 0.3 is 0 Å². The highest BCUT2D eigenvalue weighted by Crippen LogP contribution is 2.46. The van der Waals surface area contributed by atoms with Gasteiger partial charge in [-0.1, -0.05) is 62.4 Å². The van der Waals surface area contributed by atoms with E-state index in [1.807, 2.05) is 49.5 Å². The summed E-state index contributed by atoms with van der Waals surface area (Å²) in [6.07, 6.45) is 1.22. The molecule has 0 saturated carbocycles. The number of thioether (sulfide) groups is 1. The van der Waals surface area contributed by atoms with E-state index in [9.17, 15) is 9.90 Å². The summed E-state index contributed by atoms with van der Waals surface area (Å²) in [6, 6.07) is 17.8. The van der Waals surface area contributed by atoms with Crippen molar-refractivity contribution in [2.24, 2.45) is 0 Å². The van der Waals surface area contributed by atoms with Crippen LogP contribution in [0.1, 0.15) is 31.1 Å². The molecular weight excluding hydrogens is 342 g/mol. The van der Waals surface area contributed by atoms with Crippen LogP contribution < -0.4 is 4.90 Å². The Morgan fingerprint density at radius 3 is 2.50 bits per heavy atom. The Labute approximate surface area is 159 Å². The number of anilines is 1. The van der Waals surface area contributed by atoms with Gasteiger partial charge in [0.1, 0.15) is 0 Å². The van der Waals surface area contributed by atoms with Crippen molar-refractivity contribution in [2.45, 2.75) is 25.4 Å². The lowest BCUT2D eigenvalue weighted by Crippen LogP contribution is -2.24. The zero-order valence-corrected chi connectivity index (χ0v) is 16.3. The third-order valence-corrected chi connectivity index (χ3v) is 5.98. The molecule has 2 aromatic rings. The number of likely N-dealkylation sites (N-methyl/N-ethyl adjacent to an activating group) is 1. The lowest BCUT2D eigenvalue weighted by Gasteiger charge is -2.24. The van der Waals surface area contributed by atoms with E-state index in [2.05, 4.69) is 30.9 Å². The summed E-state index contributed by atoms with van der Waals surface area (Å²) in [5.41, 5.74) is 4.12. The first-order chi connectivity index (χ1) is 12.4. The van der Waals surface area contributed by atoms with Crippen molar-refractivity contribution in [2.75, 3.05) is 23.5 Å². The van der Waals surface area contributed by atoms with Crippen LogP contribution >= 0.6 is 11.8 Å². The zero-order chi connectivity index (χ0) is 18.7. The molecule has 1 heterocycles. The van der Waals surface area contributed by atoms with Crippen molar-refractivity contribution in [3.63, 3.8) is 0 Å². The summed E-state index contributed by atoms with van der Waals surface area (Å²) in [6.45, 7) is 4.31. The Balaban J connectivity index is 1.63. The second-order valence-corrected chi connectivity index (χ2v) is 8.17. The second-order valence-electron chi connectivity index (χ2n) is 7.14. The van der Waals surface area contributed by atoms with Gasteiger partial charge in [0.25, 0.3) is 0 Å². The fourth-order valence-electron chi connectivity index (χ4n) is 3.50. The third-order valence-electron chi connectivity index (χ3n) is 4.94. The molecule has 3 nitrogen and oxygen atoms in total. The van der Waals surface area contributed by atoms with Crippen LogP contribution in [0.5, 0.6) is 0 Å². The number of rotatable bonds is 6. The molecule has 0 radical (unpaired) electrons. The van der Waals surface area contributed by atoms with E-state index in [1.54, 1.807) is 6.08 Å². The van der Waals surface area contributed by atoms with Crippen LogP contribution in [-0.2, 0) is 10.2 Å². The maximum Gasteiger partial charge on any atom is 0.167 e. The molecule has 0 bridgehead atoms. The third kappa shape index (κ3) is 3.71. The van der Waals surface area contributed by atoms with Gasteiger partial charge in [0.15, 0.2) is 5.78 Å². The van der Waals surface area contributed by atoms with Crippen molar-refractivity contribution < 1.29 is 9.90 Å². The smallest absolute Gasteiger partial charge is 0.167 e. The molecule has 4 heteroatoms. The normalized spacial score (nSPS) is 18.0. The monoisotopic (exact) mass is 367 g/mol. The topological polar surface area (TPSA) is 40.5 Å². The molecule has 136 valence electrons. The molecule has 0 fully saturated rings. The minimum Gasteiger partial charge on any atom is -0.388 e. The first-order valence-electron chi connectivity index (χ1n) is 8.80. The minimum absolute atomic E-state index is 0.0815. The lowest BCUT2D eigenvalue weighted by molar-refractivity contribution is -0.112. The average Bonchev–Trinajstić information content (AvgIpc) is 2.83. The zero-order valence-electron chi connectivity index (χ0n) is 15.5. The molecule has 0 spiro atoms. The van der Waals surface area contributed by atoms with E-state index < -0.39 is 6.10 Å². The van der Waals surface area contributed by atoms with Crippen molar-refractivity contribution >= 4 is 23.2 Å². The SMILES string of the molecule is CN1/C(=C/C(=O)CSC[C@@H](O)c2ccccc2)C(C)(C)c2ccccc21. The van der Waals surface area contributed by atoms with Crippen LogP contribution in [0.4, 0.5) is 5.69 Å². The maximum atomic E-state index is 12.5.